The fourth-order valence-corrected chi connectivity index (χ4v) is 3.24. The summed E-state index contributed by atoms with van der Waals surface area (Å²) in [5, 5.41) is 3.34. The zero-order valence-electron chi connectivity index (χ0n) is 9.45. The maximum Gasteiger partial charge on any atom is 0.0721 e. The maximum atomic E-state index is 12.1. The zero-order valence-corrected chi connectivity index (χ0v) is 10.3. The third-order valence-corrected chi connectivity index (χ3v) is 5.28. The molecule has 0 aromatic rings. The SMILES string of the molecule is CCS(=O)(CC)=NC1CNCC(C)C1. The van der Waals surface area contributed by atoms with E-state index in [0.717, 1.165) is 19.5 Å². The minimum atomic E-state index is -1.90. The Morgan fingerprint density at radius 2 is 2.00 bits per heavy atom. The van der Waals surface area contributed by atoms with Crippen molar-refractivity contribution in [3.05, 3.63) is 0 Å². The predicted octanol–water partition coefficient (Wildman–Crippen LogP) is 1.49. The maximum absolute atomic E-state index is 12.1. The molecule has 0 saturated carbocycles. The normalized spacial score (nSPS) is 28.8. The van der Waals surface area contributed by atoms with E-state index in [4.69, 9.17) is 0 Å². The van der Waals surface area contributed by atoms with Gasteiger partial charge in [0.05, 0.1) is 6.04 Å². The van der Waals surface area contributed by atoms with E-state index in [1.165, 1.54) is 0 Å². The van der Waals surface area contributed by atoms with Gasteiger partial charge >= 0.3 is 0 Å². The van der Waals surface area contributed by atoms with Gasteiger partial charge in [0, 0.05) is 27.8 Å². The van der Waals surface area contributed by atoms with Crippen LogP contribution in [0.1, 0.15) is 27.2 Å². The Morgan fingerprint density at radius 1 is 1.36 bits per heavy atom. The Balaban J connectivity index is 2.69. The van der Waals surface area contributed by atoms with E-state index in [0.29, 0.717) is 17.4 Å². The van der Waals surface area contributed by atoms with Crippen LogP contribution in [0, 0.1) is 5.92 Å². The summed E-state index contributed by atoms with van der Waals surface area (Å²) in [5.41, 5.74) is 0. The summed E-state index contributed by atoms with van der Waals surface area (Å²) in [4.78, 5) is 0. The molecular weight excluding hydrogens is 196 g/mol. The van der Waals surface area contributed by atoms with E-state index in [2.05, 4.69) is 16.6 Å². The van der Waals surface area contributed by atoms with Crippen molar-refractivity contribution in [2.24, 2.45) is 10.3 Å². The van der Waals surface area contributed by atoms with Crippen molar-refractivity contribution in [1.82, 2.24) is 5.32 Å². The van der Waals surface area contributed by atoms with Crippen molar-refractivity contribution >= 4 is 9.73 Å². The van der Waals surface area contributed by atoms with Gasteiger partial charge in [-0.3, -0.25) is 0 Å². The first-order chi connectivity index (χ1) is 6.59. The Morgan fingerprint density at radius 3 is 2.50 bits per heavy atom. The summed E-state index contributed by atoms with van der Waals surface area (Å²) in [6.45, 7) is 8.13. The largest absolute Gasteiger partial charge is 0.314 e. The lowest BCUT2D eigenvalue weighted by atomic mass is 9.99. The highest BCUT2D eigenvalue weighted by atomic mass is 32.2. The van der Waals surface area contributed by atoms with Gasteiger partial charge in [-0.1, -0.05) is 20.8 Å². The molecule has 1 rings (SSSR count). The van der Waals surface area contributed by atoms with Gasteiger partial charge in [0.25, 0.3) is 0 Å². The summed E-state index contributed by atoms with van der Waals surface area (Å²) < 4.78 is 16.6. The third kappa shape index (κ3) is 3.24. The molecule has 0 aromatic heterocycles. The molecule has 2 unspecified atom stereocenters. The second-order valence-electron chi connectivity index (χ2n) is 4.11. The predicted molar refractivity (Wildman–Crippen MR) is 62.1 cm³/mol. The van der Waals surface area contributed by atoms with E-state index in [9.17, 15) is 4.21 Å². The van der Waals surface area contributed by atoms with Gasteiger partial charge in [-0.15, -0.1) is 0 Å². The van der Waals surface area contributed by atoms with Crippen LogP contribution < -0.4 is 5.32 Å². The van der Waals surface area contributed by atoms with Gasteiger partial charge in [0.1, 0.15) is 0 Å². The molecular formula is C10H22N2OS. The van der Waals surface area contributed by atoms with Crippen LogP contribution in [0.3, 0.4) is 0 Å². The summed E-state index contributed by atoms with van der Waals surface area (Å²) in [7, 11) is -1.90. The van der Waals surface area contributed by atoms with Crippen LogP contribution in [0.4, 0.5) is 0 Å². The lowest BCUT2D eigenvalue weighted by Crippen LogP contribution is -2.38. The Bertz CT molecular complexity index is 272. The van der Waals surface area contributed by atoms with Crippen LogP contribution in [0.5, 0.6) is 0 Å². The molecule has 84 valence electrons. The molecule has 1 heterocycles. The second kappa shape index (κ2) is 5.12. The van der Waals surface area contributed by atoms with Gasteiger partial charge in [0.15, 0.2) is 0 Å². The number of nitrogens with one attached hydrogen (secondary N) is 1. The van der Waals surface area contributed by atoms with E-state index >= 15 is 0 Å². The molecule has 0 aromatic carbocycles. The molecule has 0 bridgehead atoms. The minimum Gasteiger partial charge on any atom is -0.314 e. The number of piperidine rings is 1. The zero-order chi connectivity index (χ0) is 10.6. The first-order valence-electron chi connectivity index (χ1n) is 5.52. The first-order valence-corrected chi connectivity index (χ1v) is 7.37. The first kappa shape index (κ1) is 12.0. The highest BCUT2D eigenvalue weighted by Gasteiger charge is 2.19. The highest BCUT2D eigenvalue weighted by molar-refractivity contribution is 7.93. The summed E-state index contributed by atoms with van der Waals surface area (Å²) >= 11 is 0. The van der Waals surface area contributed by atoms with Crippen molar-refractivity contribution in [2.75, 3.05) is 24.6 Å². The number of hydrogen-bond donors (Lipinski definition) is 1. The Labute approximate surface area is 87.8 Å². The molecule has 0 spiro atoms. The van der Waals surface area contributed by atoms with Gasteiger partial charge in [-0.25, -0.2) is 8.57 Å². The van der Waals surface area contributed by atoms with Gasteiger partial charge < -0.3 is 5.32 Å². The average molecular weight is 218 g/mol. The van der Waals surface area contributed by atoms with E-state index < -0.39 is 9.73 Å². The number of nitrogens with zero attached hydrogens (tertiary/aromatic N) is 1. The highest BCUT2D eigenvalue weighted by Crippen LogP contribution is 2.14. The van der Waals surface area contributed by atoms with Crippen LogP contribution in [0.2, 0.25) is 0 Å². The molecule has 1 aliphatic rings. The Hall–Kier alpha value is -0.0900. The lowest BCUT2D eigenvalue weighted by molar-refractivity contribution is 0.366. The molecule has 1 aliphatic heterocycles. The van der Waals surface area contributed by atoms with Crippen LogP contribution in [-0.2, 0) is 9.73 Å². The van der Waals surface area contributed by atoms with E-state index in [1.807, 2.05) is 13.8 Å². The van der Waals surface area contributed by atoms with E-state index in [1.54, 1.807) is 0 Å². The molecule has 14 heavy (non-hydrogen) atoms. The molecule has 0 radical (unpaired) electrons. The second-order valence-corrected chi connectivity index (χ2v) is 7.02. The topological polar surface area (TPSA) is 41.5 Å². The minimum absolute atomic E-state index is 0.270. The van der Waals surface area contributed by atoms with Gasteiger partial charge in [-0.2, -0.15) is 0 Å². The molecule has 1 fully saturated rings. The van der Waals surface area contributed by atoms with Crippen molar-refractivity contribution in [2.45, 2.75) is 33.2 Å². The van der Waals surface area contributed by atoms with Gasteiger partial charge in [0.2, 0.25) is 0 Å². The summed E-state index contributed by atoms with van der Waals surface area (Å²) in [6, 6.07) is 0.270. The fourth-order valence-electron chi connectivity index (χ4n) is 1.83. The Kier molecular flexibility index (Phi) is 4.38. The fraction of sp³-hybridized carbons (Fsp3) is 1.00. The van der Waals surface area contributed by atoms with Crippen molar-refractivity contribution in [1.29, 1.82) is 0 Å². The van der Waals surface area contributed by atoms with Crippen LogP contribution in [0.25, 0.3) is 0 Å². The van der Waals surface area contributed by atoms with Crippen LogP contribution in [-0.4, -0.2) is 34.8 Å². The average Bonchev–Trinajstić information content (AvgIpc) is 2.18. The van der Waals surface area contributed by atoms with E-state index in [-0.39, 0.29) is 6.04 Å². The lowest BCUT2D eigenvalue weighted by Gasteiger charge is -2.25. The number of hydrogen-bond acceptors (Lipinski definition) is 3. The summed E-state index contributed by atoms with van der Waals surface area (Å²) in [6.07, 6.45) is 1.09. The van der Waals surface area contributed by atoms with Crippen molar-refractivity contribution in [3.63, 3.8) is 0 Å². The molecule has 4 heteroatoms. The molecule has 3 nitrogen and oxygen atoms in total. The van der Waals surface area contributed by atoms with Crippen LogP contribution in [0.15, 0.2) is 4.36 Å². The molecule has 1 N–H and O–H groups in total. The third-order valence-electron chi connectivity index (χ3n) is 2.79. The van der Waals surface area contributed by atoms with Crippen molar-refractivity contribution < 1.29 is 4.21 Å². The molecule has 2 atom stereocenters. The quantitative estimate of drug-likeness (QED) is 0.780. The monoisotopic (exact) mass is 218 g/mol. The molecule has 1 saturated heterocycles. The molecule has 0 amide bonds. The van der Waals surface area contributed by atoms with Crippen LogP contribution >= 0.6 is 0 Å². The molecule has 0 aliphatic carbocycles. The van der Waals surface area contributed by atoms with Gasteiger partial charge in [-0.05, 0) is 18.9 Å². The number of rotatable bonds is 3. The van der Waals surface area contributed by atoms with Crippen molar-refractivity contribution in [3.8, 4) is 0 Å². The standard InChI is InChI=1S/C10H22N2OS/c1-4-14(13,5-2)12-10-6-9(3)7-11-8-10/h9-11H,4-8H2,1-3H3. The smallest absolute Gasteiger partial charge is 0.0721 e. The summed E-state index contributed by atoms with van der Waals surface area (Å²) in [5.74, 6) is 2.04.